The number of sulfonamides is 1. The summed E-state index contributed by atoms with van der Waals surface area (Å²) in [7, 11) is -3.98. The lowest BCUT2D eigenvalue weighted by molar-refractivity contribution is -0.376. The van der Waals surface area contributed by atoms with E-state index in [1.807, 2.05) is 4.90 Å². The second kappa shape index (κ2) is 10.3. The number of ether oxygens (including phenoxy) is 1. The van der Waals surface area contributed by atoms with Gasteiger partial charge in [-0.05, 0) is 6.42 Å². The van der Waals surface area contributed by atoms with Crippen molar-refractivity contribution >= 4 is 27.3 Å². The van der Waals surface area contributed by atoms with Gasteiger partial charge < -0.3 is 19.8 Å². The molecule has 3 saturated heterocycles. The third-order valence-corrected chi connectivity index (χ3v) is 10.5. The zero-order valence-corrected chi connectivity index (χ0v) is 22.1. The molecule has 4 atom stereocenters. The first-order valence-electron chi connectivity index (χ1n) is 12.0. The lowest BCUT2D eigenvalue weighted by Gasteiger charge is -2.44. The van der Waals surface area contributed by atoms with Crippen molar-refractivity contribution in [2.45, 2.75) is 52.9 Å². The molecule has 40 heavy (non-hydrogen) atoms. The van der Waals surface area contributed by atoms with Crippen molar-refractivity contribution in [1.29, 1.82) is 0 Å². The summed E-state index contributed by atoms with van der Waals surface area (Å²) in [6.45, 7) is 0.510. The van der Waals surface area contributed by atoms with Crippen LogP contribution in [0.2, 0.25) is 0 Å². The predicted molar refractivity (Wildman–Crippen MR) is 126 cm³/mol. The van der Waals surface area contributed by atoms with Crippen molar-refractivity contribution in [3.8, 4) is 0 Å². The van der Waals surface area contributed by atoms with Crippen LogP contribution in [0.25, 0.3) is 0 Å². The Morgan fingerprint density at radius 2 is 1.73 bits per heavy atom. The van der Waals surface area contributed by atoms with Crippen LogP contribution in [0.5, 0.6) is 0 Å². The summed E-state index contributed by atoms with van der Waals surface area (Å²) < 4.78 is 113. The molecule has 2 aromatic rings. The zero-order valence-electron chi connectivity index (χ0n) is 20.5. The summed E-state index contributed by atoms with van der Waals surface area (Å²) in [4.78, 5) is 14.8. The number of aliphatic hydroxyl groups is 2. The maximum Gasteiger partial charge on any atom is 0.430 e. The number of aromatic nitrogens is 3. The molecule has 19 heteroatoms. The van der Waals surface area contributed by atoms with Gasteiger partial charge in [0, 0.05) is 61.8 Å². The van der Waals surface area contributed by atoms with Crippen LogP contribution in [0.4, 0.5) is 32.3 Å². The van der Waals surface area contributed by atoms with E-state index in [9.17, 15) is 45.0 Å². The quantitative estimate of drug-likeness (QED) is 0.452. The first-order valence-corrected chi connectivity index (χ1v) is 14.3. The van der Waals surface area contributed by atoms with Crippen LogP contribution in [-0.2, 0) is 20.4 Å². The third kappa shape index (κ3) is 4.94. The van der Waals surface area contributed by atoms with Gasteiger partial charge in [0.15, 0.2) is 0 Å². The molecule has 0 radical (unpaired) electrons. The minimum Gasteiger partial charge on any atom is -0.391 e. The van der Waals surface area contributed by atoms with Crippen molar-refractivity contribution < 1.29 is 49.7 Å². The first kappa shape index (κ1) is 29.3. The van der Waals surface area contributed by atoms with Crippen molar-refractivity contribution in [2.24, 2.45) is 0 Å². The van der Waals surface area contributed by atoms with E-state index in [0.717, 1.165) is 11.3 Å². The smallest absolute Gasteiger partial charge is 0.391 e. The van der Waals surface area contributed by atoms with Gasteiger partial charge in [0.05, 0.1) is 31.4 Å². The average molecular weight is 619 g/mol. The number of aliphatic hydroxyl groups excluding tert-OH is 1. The molecule has 222 valence electrons. The highest BCUT2D eigenvalue weighted by Gasteiger charge is 2.71. The zero-order chi connectivity index (χ0) is 29.1. The van der Waals surface area contributed by atoms with E-state index in [1.54, 1.807) is 0 Å². The molecule has 11 nitrogen and oxygen atoms in total. The first-order chi connectivity index (χ1) is 18.6. The van der Waals surface area contributed by atoms with E-state index in [4.69, 9.17) is 4.74 Å². The Kier molecular flexibility index (Phi) is 7.54. The fourth-order valence-corrected chi connectivity index (χ4v) is 7.78. The highest BCUT2D eigenvalue weighted by Crippen LogP contribution is 2.49. The van der Waals surface area contributed by atoms with Crippen molar-refractivity contribution in [3.05, 3.63) is 29.5 Å². The van der Waals surface area contributed by atoms with E-state index in [-0.39, 0.29) is 67.6 Å². The molecule has 5 rings (SSSR count). The Bertz CT molecular complexity index is 1280. The molecule has 0 aliphatic carbocycles. The lowest BCUT2D eigenvalue weighted by atomic mass is 9.95. The molecule has 0 aromatic carbocycles. The fourth-order valence-electron chi connectivity index (χ4n) is 5.34. The van der Waals surface area contributed by atoms with Crippen molar-refractivity contribution in [3.63, 3.8) is 0 Å². The Morgan fingerprint density at radius 1 is 1.05 bits per heavy atom. The van der Waals surface area contributed by atoms with Gasteiger partial charge >= 0.3 is 12.4 Å². The number of morpholine rings is 1. The number of nitrogens with zero attached hydrogens (tertiary/aromatic N) is 6. The van der Waals surface area contributed by atoms with E-state index in [0.29, 0.717) is 13.0 Å². The van der Waals surface area contributed by atoms with Crippen molar-refractivity contribution in [1.82, 2.24) is 24.2 Å². The molecule has 0 spiro atoms. The molecule has 5 heterocycles. The summed E-state index contributed by atoms with van der Waals surface area (Å²) >= 11 is 0.930. The number of halogens is 6. The Labute approximate surface area is 228 Å². The maximum absolute atomic E-state index is 13.3. The number of hydrogen-bond acceptors (Lipinski definition) is 11. The van der Waals surface area contributed by atoms with E-state index >= 15 is 0 Å². The molecule has 3 fully saturated rings. The van der Waals surface area contributed by atoms with Gasteiger partial charge in [-0.1, -0.05) is 0 Å². The second-order valence-corrected chi connectivity index (χ2v) is 12.8. The number of rotatable bonds is 6. The Hall–Kier alpha value is -2.16. The number of anilines is 1. The molecular weight excluding hydrogens is 594 g/mol. The van der Waals surface area contributed by atoms with Crippen LogP contribution in [0.3, 0.4) is 0 Å². The molecule has 0 amide bonds. The molecule has 3 aliphatic heterocycles. The number of fused-ring (bicyclic) bond motifs is 2. The summed E-state index contributed by atoms with van der Waals surface area (Å²) in [5, 5.41) is 21.6. The van der Waals surface area contributed by atoms with Gasteiger partial charge in [-0.3, -0.25) is 4.90 Å². The standard InChI is InChI=1S/C21H24F6N6O5S2/c22-20(23,24)19(35,21(25,26)27)12-6-29-17(30-7-12)32-3-2-31(40(36,37)18-28-1-4-39-18)8-14(32)9-33-13-5-16(34)15(33)11-38-10-13/h1,4,6-7,13-16,34-35H,2-3,5,8-11H2/t13-,14-,15-,16-/m1/s1. The van der Waals surface area contributed by atoms with Crippen LogP contribution in [0.15, 0.2) is 28.3 Å². The Balaban J connectivity index is 1.45. The van der Waals surface area contributed by atoms with Gasteiger partial charge in [0.25, 0.3) is 15.6 Å². The van der Waals surface area contributed by atoms with Crippen molar-refractivity contribution in [2.75, 3.05) is 44.3 Å². The highest BCUT2D eigenvalue weighted by atomic mass is 32.2. The van der Waals surface area contributed by atoms with Gasteiger partial charge in [-0.2, -0.15) is 30.6 Å². The normalized spacial score (nSPS) is 27.4. The SMILES string of the molecule is O=S(=O)(c1nccs1)N1CCN(c2ncc(C(O)(C(F)(F)F)C(F)(F)F)cn2)[C@@H](CN2[C@H]3COC[C@@H]2[C@H](O)C3)C1. The summed E-state index contributed by atoms with van der Waals surface area (Å²) in [5.41, 5.74) is -6.78. The van der Waals surface area contributed by atoms with Crippen LogP contribution in [0, 0.1) is 0 Å². The molecule has 3 aliphatic rings. The minimum absolute atomic E-state index is 0.0420. The average Bonchev–Trinajstić information content (AvgIpc) is 3.48. The highest BCUT2D eigenvalue weighted by molar-refractivity contribution is 7.91. The molecule has 2 aromatic heterocycles. The van der Waals surface area contributed by atoms with Gasteiger partial charge in [-0.15, -0.1) is 11.3 Å². The summed E-state index contributed by atoms with van der Waals surface area (Å²) in [6.07, 6.45) is -10.6. The fraction of sp³-hybridized carbons (Fsp3) is 0.667. The number of piperazine rings is 1. The number of hydrogen-bond donors (Lipinski definition) is 2. The number of alkyl halides is 6. The van der Waals surface area contributed by atoms with Gasteiger partial charge in [-0.25, -0.2) is 23.4 Å². The molecule has 0 unspecified atom stereocenters. The molecular formula is C21H24F6N6O5S2. The molecule has 2 bridgehead atoms. The lowest BCUT2D eigenvalue weighted by Crippen LogP contribution is -2.61. The van der Waals surface area contributed by atoms with Gasteiger partial charge in [0.2, 0.25) is 10.3 Å². The monoisotopic (exact) mass is 618 g/mol. The topological polar surface area (TPSA) is 132 Å². The summed E-state index contributed by atoms with van der Waals surface area (Å²) in [5.74, 6) is -0.243. The van der Waals surface area contributed by atoms with Crippen LogP contribution in [-0.4, -0.2) is 119 Å². The predicted octanol–water partition coefficient (Wildman–Crippen LogP) is 0.959. The number of thiazole rings is 1. The van der Waals surface area contributed by atoms with Crippen LogP contribution < -0.4 is 4.90 Å². The van der Waals surface area contributed by atoms with E-state index in [2.05, 4.69) is 15.0 Å². The Morgan fingerprint density at radius 3 is 2.30 bits per heavy atom. The second-order valence-electron chi connectivity index (χ2n) is 9.74. The van der Waals surface area contributed by atoms with Crippen LogP contribution >= 0.6 is 11.3 Å². The third-order valence-electron chi connectivity index (χ3n) is 7.42. The minimum atomic E-state index is -6.09. The van der Waals surface area contributed by atoms with Crippen LogP contribution in [0.1, 0.15) is 12.0 Å². The summed E-state index contributed by atoms with van der Waals surface area (Å²) in [6, 6.07) is -1.24. The largest absolute Gasteiger partial charge is 0.430 e. The van der Waals surface area contributed by atoms with E-state index in [1.165, 1.54) is 20.8 Å². The molecule has 0 saturated carbocycles. The molecule has 2 N–H and O–H groups in total. The van der Waals surface area contributed by atoms with Gasteiger partial charge in [0.1, 0.15) is 0 Å². The van der Waals surface area contributed by atoms with E-state index < -0.39 is 45.7 Å². The maximum atomic E-state index is 13.3.